The average Bonchev–Trinajstić information content (AvgIpc) is 3.10. The minimum atomic E-state index is -0.785. The first-order valence-corrected chi connectivity index (χ1v) is 10.7. The molecule has 0 radical (unpaired) electrons. The molecule has 8 heteroatoms. The monoisotopic (exact) mass is 437 g/mol. The normalized spacial score (nSPS) is 20.8. The number of carbonyl (C=O) groups excluding carboxylic acids is 3. The standard InChI is InChI=1S/C24H27N3O5/c1-16-4-3-5-18(14-16)15-27-21(23(29)26-10-12-31-13-11-26)22(32-24(27)30)19-6-8-20(9-7-19)25-17(2)28/h3-9,14,21-22H,10-13,15H2,1-2H3,(H,25,28). The predicted octanol–water partition coefficient (Wildman–Crippen LogP) is 2.87. The molecule has 3 amide bonds. The lowest BCUT2D eigenvalue weighted by Gasteiger charge is -2.33. The Labute approximate surface area is 187 Å². The Kier molecular flexibility index (Phi) is 6.41. The molecule has 2 unspecified atom stereocenters. The van der Waals surface area contributed by atoms with Crippen molar-refractivity contribution in [3.05, 3.63) is 65.2 Å². The van der Waals surface area contributed by atoms with E-state index in [9.17, 15) is 14.4 Å². The molecule has 1 N–H and O–H groups in total. The maximum absolute atomic E-state index is 13.5. The van der Waals surface area contributed by atoms with E-state index >= 15 is 0 Å². The van der Waals surface area contributed by atoms with Gasteiger partial charge in [0.25, 0.3) is 0 Å². The Bertz CT molecular complexity index is 1000. The van der Waals surface area contributed by atoms with Gasteiger partial charge in [0, 0.05) is 25.7 Å². The summed E-state index contributed by atoms with van der Waals surface area (Å²) in [6.07, 6.45) is -1.26. The van der Waals surface area contributed by atoms with Gasteiger partial charge in [0.2, 0.25) is 11.8 Å². The Morgan fingerprint density at radius 1 is 1.09 bits per heavy atom. The molecule has 0 bridgehead atoms. The molecule has 0 saturated carbocycles. The first-order chi connectivity index (χ1) is 15.4. The minimum Gasteiger partial charge on any atom is -0.438 e. The largest absolute Gasteiger partial charge is 0.438 e. The number of carbonyl (C=O) groups is 3. The van der Waals surface area contributed by atoms with E-state index in [0.717, 1.165) is 11.1 Å². The van der Waals surface area contributed by atoms with Gasteiger partial charge in [-0.1, -0.05) is 42.0 Å². The van der Waals surface area contributed by atoms with E-state index in [0.29, 0.717) is 37.6 Å². The van der Waals surface area contributed by atoms with Crippen LogP contribution in [0.1, 0.15) is 29.7 Å². The highest BCUT2D eigenvalue weighted by molar-refractivity contribution is 5.90. The predicted molar refractivity (Wildman–Crippen MR) is 118 cm³/mol. The van der Waals surface area contributed by atoms with Gasteiger partial charge in [0.1, 0.15) is 0 Å². The van der Waals surface area contributed by atoms with E-state index in [-0.39, 0.29) is 18.4 Å². The number of morpholine rings is 1. The molecule has 0 aliphatic carbocycles. The lowest BCUT2D eigenvalue weighted by molar-refractivity contribution is -0.141. The van der Waals surface area contributed by atoms with Gasteiger partial charge in [0.05, 0.1) is 19.8 Å². The van der Waals surface area contributed by atoms with Crippen LogP contribution < -0.4 is 5.32 Å². The van der Waals surface area contributed by atoms with Crippen molar-refractivity contribution in [2.75, 3.05) is 31.6 Å². The highest BCUT2D eigenvalue weighted by Crippen LogP contribution is 2.35. The Balaban J connectivity index is 1.64. The average molecular weight is 437 g/mol. The number of nitrogens with one attached hydrogen (secondary N) is 1. The van der Waals surface area contributed by atoms with Crippen molar-refractivity contribution < 1.29 is 23.9 Å². The maximum atomic E-state index is 13.5. The zero-order valence-electron chi connectivity index (χ0n) is 18.2. The zero-order valence-corrected chi connectivity index (χ0v) is 18.2. The third-order valence-corrected chi connectivity index (χ3v) is 5.66. The Morgan fingerprint density at radius 3 is 2.47 bits per heavy atom. The summed E-state index contributed by atoms with van der Waals surface area (Å²) in [5, 5.41) is 2.72. The number of hydrogen-bond donors (Lipinski definition) is 1. The molecular weight excluding hydrogens is 410 g/mol. The van der Waals surface area contributed by atoms with Gasteiger partial charge in [-0.25, -0.2) is 4.79 Å². The number of amides is 3. The number of rotatable bonds is 5. The number of nitrogens with zero attached hydrogens (tertiary/aromatic N) is 2. The summed E-state index contributed by atoms with van der Waals surface area (Å²) < 4.78 is 11.1. The van der Waals surface area contributed by atoms with Gasteiger partial charge in [0.15, 0.2) is 12.1 Å². The van der Waals surface area contributed by atoms with E-state index in [4.69, 9.17) is 9.47 Å². The highest BCUT2D eigenvalue weighted by Gasteiger charge is 2.48. The molecule has 168 valence electrons. The van der Waals surface area contributed by atoms with Crippen LogP contribution >= 0.6 is 0 Å². The number of ether oxygens (including phenoxy) is 2. The number of cyclic esters (lactones) is 1. The van der Waals surface area contributed by atoms with E-state index in [1.165, 1.54) is 11.8 Å². The zero-order chi connectivity index (χ0) is 22.7. The minimum absolute atomic E-state index is 0.150. The third kappa shape index (κ3) is 4.75. The quantitative estimate of drug-likeness (QED) is 0.777. The van der Waals surface area contributed by atoms with E-state index in [2.05, 4.69) is 5.32 Å². The van der Waals surface area contributed by atoms with E-state index < -0.39 is 18.2 Å². The number of benzene rings is 2. The third-order valence-electron chi connectivity index (χ3n) is 5.66. The van der Waals surface area contributed by atoms with Crippen LogP contribution in [-0.4, -0.2) is 60.1 Å². The lowest BCUT2D eigenvalue weighted by Crippen LogP contribution is -2.51. The highest BCUT2D eigenvalue weighted by atomic mass is 16.6. The molecule has 0 aromatic heterocycles. The van der Waals surface area contributed by atoms with Crippen molar-refractivity contribution in [3.8, 4) is 0 Å². The van der Waals surface area contributed by atoms with Crippen LogP contribution in [0, 0.1) is 6.92 Å². The molecule has 4 rings (SSSR count). The number of anilines is 1. The molecule has 2 aromatic rings. The molecule has 2 saturated heterocycles. The molecule has 0 spiro atoms. The van der Waals surface area contributed by atoms with Crippen molar-refractivity contribution in [1.82, 2.24) is 9.80 Å². The van der Waals surface area contributed by atoms with Crippen molar-refractivity contribution in [2.24, 2.45) is 0 Å². The second-order valence-corrected chi connectivity index (χ2v) is 8.11. The molecule has 2 heterocycles. The van der Waals surface area contributed by atoms with Crippen LogP contribution in [0.15, 0.2) is 48.5 Å². The first-order valence-electron chi connectivity index (χ1n) is 10.7. The Hall–Kier alpha value is -3.39. The topological polar surface area (TPSA) is 88.2 Å². The summed E-state index contributed by atoms with van der Waals surface area (Å²) in [7, 11) is 0. The van der Waals surface area contributed by atoms with Crippen molar-refractivity contribution >= 4 is 23.6 Å². The van der Waals surface area contributed by atoms with Crippen LogP contribution in [0.25, 0.3) is 0 Å². The fraction of sp³-hybridized carbons (Fsp3) is 0.375. The van der Waals surface area contributed by atoms with Gasteiger partial charge < -0.3 is 19.7 Å². The maximum Gasteiger partial charge on any atom is 0.411 e. The molecule has 2 fully saturated rings. The summed E-state index contributed by atoms with van der Waals surface area (Å²) in [4.78, 5) is 41.0. The number of aryl methyl sites for hydroxylation is 1. The summed E-state index contributed by atoms with van der Waals surface area (Å²) in [6.45, 7) is 5.62. The summed E-state index contributed by atoms with van der Waals surface area (Å²) in [5.41, 5.74) is 3.35. The molecule has 2 atom stereocenters. The fourth-order valence-corrected chi connectivity index (χ4v) is 4.13. The van der Waals surface area contributed by atoms with Gasteiger partial charge in [-0.2, -0.15) is 0 Å². The van der Waals surface area contributed by atoms with Crippen molar-refractivity contribution in [3.63, 3.8) is 0 Å². The second kappa shape index (κ2) is 9.40. The molecule has 8 nitrogen and oxygen atoms in total. The molecule has 2 aliphatic heterocycles. The van der Waals surface area contributed by atoms with Gasteiger partial charge in [-0.3, -0.25) is 14.5 Å². The molecule has 2 aliphatic rings. The molecule has 2 aromatic carbocycles. The van der Waals surface area contributed by atoms with Crippen LogP contribution in [0.2, 0.25) is 0 Å². The first kappa shape index (κ1) is 21.8. The van der Waals surface area contributed by atoms with Crippen LogP contribution in [0.4, 0.5) is 10.5 Å². The van der Waals surface area contributed by atoms with Crippen LogP contribution in [0.5, 0.6) is 0 Å². The van der Waals surface area contributed by atoms with Crippen molar-refractivity contribution in [1.29, 1.82) is 0 Å². The summed E-state index contributed by atoms with van der Waals surface area (Å²) in [6, 6.07) is 14.1. The van der Waals surface area contributed by atoms with Crippen molar-refractivity contribution in [2.45, 2.75) is 32.5 Å². The van der Waals surface area contributed by atoms with E-state index in [1.807, 2.05) is 31.2 Å². The molecule has 32 heavy (non-hydrogen) atoms. The van der Waals surface area contributed by atoms with E-state index in [1.54, 1.807) is 29.2 Å². The molecular formula is C24H27N3O5. The second-order valence-electron chi connectivity index (χ2n) is 8.11. The SMILES string of the molecule is CC(=O)Nc1ccc(C2OC(=O)N(Cc3cccc(C)c3)C2C(=O)N2CCOCC2)cc1. The summed E-state index contributed by atoms with van der Waals surface area (Å²) >= 11 is 0. The van der Waals surface area contributed by atoms with Crippen LogP contribution in [-0.2, 0) is 25.6 Å². The van der Waals surface area contributed by atoms with Gasteiger partial charge >= 0.3 is 6.09 Å². The van der Waals surface area contributed by atoms with Gasteiger partial charge in [-0.15, -0.1) is 0 Å². The Morgan fingerprint density at radius 2 is 1.81 bits per heavy atom. The lowest BCUT2D eigenvalue weighted by atomic mass is 9.99. The summed E-state index contributed by atoms with van der Waals surface area (Å²) in [5.74, 6) is -0.322. The van der Waals surface area contributed by atoms with Crippen LogP contribution in [0.3, 0.4) is 0 Å². The smallest absolute Gasteiger partial charge is 0.411 e. The number of hydrogen-bond acceptors (Lipinski definition) is 5. The van der Waals surface area contributed by atoms with Gasteiger partial charge in [-0.05, 0) is 30.2 Å². The fourth-order valence-electron chi connectivity index (χ4n) is 4.13.